The van der Waals surface area contributed by atoms with Crippen molar-refractivity contribution in [1.82, 2.24) is 15.1 Å². The summed E-state index contributed by atoms with van der Waals surface area (Å²) in [5, 5.41) is 13.2. The van der Waals surface area contributed by atoms with Crippen molar-refractivity contribution in [3.8, 4) is 6.07 Å². The first kappa shape index (κ1) is 18.4. The van der Waals surface area contributed by atoms with E-state index in [1.807, 2.05) is 0 Å². The van der Waals surface area contributed by atoms with Crippen molar-refractivity contribution in [3.05, 3.63) is 0 Å². The molecule has 1 rings (SSSR count). The van der Waals surface area contributed by atoms with Gasteiger partial charge in [0.2, 0.25) is 0 Å². The van der Waals surface area contributed by atoms with Crippen molar-refractivity contribution in [2.24, 2.45) is 0 Å². The summed E-state index contributed by atoms with van der Waals surface area (Å²) in [5.74, 6) is 0. The Kier molecular flexibility index (Phi) is 7.65. The average Bonchev–Trinajstić information content (AvgIpc) is 2.42. The highest BCUT2D eigenvalue weighted by Gasteiger charge is 2.38. The molecule has 1 saturated carbocycles. The van der Waals surface area contributed by atoms with Gasteiger partial charge in [-0.2, -0.15) is 5.26 Å². The Labute approximate surface area is 131 Å². The van der Waals surface area contributed by atoms with Crippen LogP contribution in [0.4, 0.5) is 0 Å². The largest absolute Gasteiger partial charge is 0.308 e. The Morgan fingerprint density at radius 3 is 2.52 bits per heavy atom. The zero-order valence-electron chi connectivity index (χ0n) is 14.7. The van der Waals surface area contributed by atoms with Gasteiger partial charge in [0.05, 0.1) is 6.07 Å². The average molecular weight is 294 g/mol. The Balaban J connectivity index is 2.72. The van der Waals surface area contributed by atoms with E-state index in [2.05, 4.69) is 56.1 Å². The van der Waals surface area contributed by atoms with E-state index in [1.54, 1.807) is 0 Å². The van der Waals surface area contributed by atoms with Gasteiger partial charge in [0.1, 0.15) is 5.54 Å². The van der Waals surface area contributed by atoms with Gasteiger partial charge in [-0.3, -0.25) is 10.2 Å². The van der Waals surface area contributed by atoms with E-state index in [0.717, 1.165) is 38.9 Å². The molecular formula is C17H34N4. The predicted molar refractivity (Wildman–Crippen MR) is 89.3 cm³/mol. The highest BCUT2D eigenvalue weighted by molar-refractivity contribution is 5.11. The quantitative estimate of drug-likeness (QED) is 0.747. The number of hydrogen-bond donors (Lipinski definition) is 1. The molecule has 0 spiro atoms. The molecule has 0 aromatic carbocycles. The number of nitrogens with one attached hydrogen (secondary N) is 1. The number of nitriles is 1. The molecular weight excluding hydrogens is 260 g/mol. The van der Waals surface area contributed by atoms with E-state index in [9.17, 15) is 5.26 Å². The Morgan fingerprint density at radius 1 is 1.29 bits per heavy atom. The molecule has 122 valence electrons. The van der Waals surface area contributed by atoms with Gasteiger partial charge in [0, 0.05) is 25.2 Å². The van der Waals surface area contributed by atoms with Crippen LogP contribution in [0, 0.1) is 11.3 Å². The fourth-order valence-electron chi connectivity index (χ4n) is 3.47. The van der Waals surface area contributed by atoms with Gasteiger partial charge in [0.15, 0.2) is 0 Å². The summed E-state index contributed by atoms with van der Waals surface area (Å²) in [7, 11) is 4.26. The number of rotatable bonds is 8. The van der Waals surface area contributed by atoms with E-state index in [0.29, 0.717) is 12.1 Å². The molecule has 0 amide bonds. The van der Waals surface area contributed by atoms with E-state index in [4.69, 9.17) is 0 Å². The molecule has 2 unspecified atom stereocenters. The first-order valence-corrected chi connectivity index (χ1v) is 8.50. The lowest BCUT2D eigenvalue weighted by molar-refractivity contribution is 0.109. The van der Waals surface area contributed by atoms with Crippen LogP contribution in [0.2, 0.25) is 0 Å². The summed E-state index contributed by atoms with van der Waals surface area (Å²) in [4.78, 5) is 4.85. The molecule has 1 aliphatic carbocycles. The minimum Gasteiger partial charge on any atom is -0.308 e. The minimum absolute atomic E-state index is 0.318. The standard InChI is InChI=1S/C17H34N4/c1-6-10-21(12-11-20(4)5)16-8-7-9-17(13-16,14-18)19-15(2)3/h15-16,19H,6-13H2,1-5H3. The Morgan fingerprint density at radius 2 is 2.00 bits per heavy atom. The van der Waals surface area contributed by atoms with Gasteiger partial charge in [-0.15, -0.1) is 0 Å². The smallest absolute Gasteiger partial charge is 0.108 e. The van der Waals surface area contributed by atoms with Gasteiger partial charge < -0.3 is 4.90 Å². The molecule has 21 heavy (non-hydrogen) atoms. The zero-order valence-corrected chi connectivity index (χ0v) is 14.7. The van der Waals surface area contributed by atoms with Crippen LogP contribution in [0.1, 0.15) is 52.9 Å². The maximum absolute atomic E-state index is 9.70. The van der Waals surface area contributed by atoms with Gasteiger partial charge in [0.25, 0.3) is 0 Å². The molecule has 0 heterocycles. The van der Waals surface area contributed by atoms with Crippen LogP contribution in [0.5, 0.6) is 0 Å². The van der Waals surface area contributed by atoms with Crippen molar-refractivity contribution in [3.63, 3.8) is 0 Å². The van der Waals surface area contributed by atoms with Crippen LogP contribution in [0.25, 0.3) is 0 Å². The van der Waals surface area contributed by atoms with Gasteiger partial charge in [-0.05, 0) is 66.6 Å². The second kappa shape index (κ2) is 8.73. The first-order valence-electron chi connectivity index (χ1n) is 8.50. The first-order chi connectivity index (χ1) is 9.92. The maximum Gasteiger partial charge on any atom is 0.108 e. The summed E-state index contributed by atoms with van der Waals surface area (Å²) in [6.45, 7) is 9.86. The maximum atomic E-state index is 9.70. The van der Waals surface area contributed by atoms with Crippen LogP contribution in [0.3, 0.4) is 0 Å². The van der Waals surface area contributed by atoms with Crippen molar-refractivity contribution < 1.29 is 0 Å². The van der Waals surface area contributed by atoms with E-state index in [1.165, 1.54) is 12.8 Å². The molecule has 1 N–H and O–H groups in total. The summed E-state index contributed by atoms with van der Waals surface area (Å²) in [6, 6.07) is 3.50. The molecule has 1 fully saturated rings. The van der Waals surface area contributed by atoms with Gasteiger partial charge in [-0.25, -0.2) is 0 Å². The SMILES string of the molecule is CCCN(CCN(C)C)C1CCCC(C#N)(NC(C)C)C1. The van der Waals surface area contributed by atoms with E-state index >= 15 is 0 Å². The summed E-state index contributed by atoms with van der Waals surface area (Å²) in [6.07, 6.45) is 5.53. The second-order valence-corrected chi connectivity index (χ2v) is 7.08. The third kappa shape index (κ3) is 5.94. The minimum atomic E-state index is -0.318. The third-order valence-electron chi connectivity index (χ3n) is 4.37. The molecule has 0 aliphatic heterocycles. The lowest BCUT2D eigenvalue weighted by Gasteiger charge is -2.42. The molecule has 2 atom stereocenters. The van der Waals surface area contributed by atoms with E-state index in [-0.39, 0.29) is 5.54 Å². The lowest BCUT2D eigenvalue weighted by Crippen LogP contribution is -2.55. The Hall–Kier alpha value is -0.630. The second-order valence-electron chi connectivity index (χ2n) is 7.08. The fraction of sp³-hybridized carbons (Fsp3) is 0.941. The van der Waals surface area contributed by atoms with Crippen LogP contribution < -0.4 is 5.32 Å². The van der Waals surface area contributed by atoms with Crippen molar-refractivity contribution >= 4 is 0 Å². The number of hydrogen-bond acceptors (Lipinski definition) is 4. The van der Waals surface area contributed by atoms with Gasteiger partial charge in [-0.1, -0.05) is 6.92 Å². The van der Waals surface area contributed by atoms with Crippen LogP contribution in [0.15, 0.2) is 0 Å². The molecule has 1 aliphatic rings. The number of nitrogens with zero attached hydrogens (tertiary/aromatic N) is 3. The molecule has 4 heteroatoms. The highest BCUT2D eigenvalue weighted by Crippen LogP contribution is 2.31. The number of likely N-dealkylation sites (N-methyl/N-ethyl adjacent to an activating group) is 1. The van der Waals surface area contributed by atoms with Crippen LogP contribution in [-0.2, 0) is 0 Å². The normalized spacial score (nSPS) is 26.5. The molecule has 0 bridgehead atoms. The molecule has 0 radical (unpaired) electrons. The topological polar surface area (TPSA) is 42.3 Å². The fourth-order valence-corrected chi connectivity index (χ4v) is 3.47. The molecule has 0 aromatic heterocycles. The lowest BCUT2D eigenvalue weighted by atomic mass is 9.78. The van der Waals surface area contributed by atoms with Crippen LogP contribution >= 0.6 is 0 Å². The third-order valence-corrected chi connectivity index (χ3v) is 4.37. The van der Waals surface area contributed by atoms with Crippen LogP contribution in [-0.4, -0.2) is 61.2 Å². The summed E-state index contributed by atoms with van der Waals surface area (Å²) in [5.41, 5.74) is -0.318. The van der Waals surface area contributed by atoms with Gasteiger partial charge >= 0.3 is 0 Å². The van der Waals surface area contributed by atoms with Crippen molar-refractivity contribution in [2.75, 3.05) is 33.7 Å². The molecule has 0 aromatic rings. The molecule has 0 saturated heterocycles. The summed E-state index contributed by atoms with van der Waals surface area (Å²) >= 11 is 0. The monoisotopic (exact) mass is 294 g/mol. The Bertz CT molecular complexity index is 334. The molecule has 4 nitrogen and oxygen atoms in total. The predicted octanol–water partition coefficient (Wildman–Crippen LogP) is 2.46. The van der Waals surface area contributed by atoms with E-state index < -0.39 is 0 Å². The van der Waals surface area contributed by atoms with Crippen molar-refractivity contribution in [2.45, 2.75) is 70.5 Å². The van der Waals surface area contributed by atoms with Crippen molar-refractivity contribution in [1.29, 1.82) is 5.26 Å². The zero-order chi connectivity index (χ0) is 15.9. The summed E-state index contributed by atoms with van der Waals surface area (Å²) < 4.78 is 0. The highest BCUT2D eigenvalue weighted by atomic mass is 15.2.